The van der Waals surface area contributed by atoms with Crippen LogP contribution in [-0.2, 0) is 11.2 Å². The summed E-state index contributed by atoms with van der Waals surface area (Å²) in [5.74, 6) is 0.110. The summed E-state index contributed by atoms with van der Waals surface area (Å²) in [6, 6.07) is 9.91. The number of anilines is 1. The third kappa shape index (κ3) is 3.12. The largest absolute Gasteiger partial charge is 0.312 e. The van der Waals surface area contributed by atoms with Crippen LogP contribution < -0.4 is 4.90 Å². The second-order valence-corrected chi connectivity index (χ2v) is 6.63. The average Bonchev–Trinajstić information content (AvgIpc) is 3.05. The summed E-state index contributed by atoms with van der Waals surface area (Å²) >= 11 is 1.43. The predicted molar refractivity (Wildman–Crippen MR) is 89.7 cm³/mol. The highest BCUT2D eigenvalue weighted by atomic mass is 32.1. The van der Waals surface area contributed by atoms with Crippen LogP contribution in [0.3, 0.4) is 0 Å². The Morgan fingerprint density at radius 1 is 1.23 bits per heavy atom. The van der Waals surface area contributed by atoms with Gasteiger partial charge in [-0.2, -0.15) is 0 Å². The van der Waals surface area contributed by atoms with E-state index >= 15 is 0 Å². The molecule has 0 aliphatic carbocycles. The molecule has 1 aromatic heterocycles. The Balaban J connectivity index is 1.68. The van der Waals surface area contributed by atoms with Gasteiger partial charge < -0.3 is 4.90 Å². The van der Waals surface area contributed by atoms with Gasteiger partial charge in [-0.1, -0.05) is 23.8 Å². The van der Waals surface area contributed by atoms with E-state index in [1.807, 2.05) is 34.5 Å². The van der Waals surface area contributed by atoms with Crippen molar-refractivity contribution in [2.45, 2.75) is 32.6 Å². The highest BCUT2D eigenvalue weighted by Crippen LogP contribution is 2.28. The lowest BCUT2D eigenvalue weighted by Crippen LogP contribution is -2.35. The lowest BCUT2D eigenvalue weighted by Gasteiger charge is -2.29. The van der Waals surface area contributed by atoms with Crippen LogP contribution in [0.5, 0.6) is 0 Å². The number of aryl methyl sites for hydroxylation is 2. The lowest BCUT2D eigenvalue weighted by atomic mass is 9.99. The van der Waals surface area contributed by atoms with Gasteiger partial charge in [-0.15, -0.1) is 11.3 Å². The number of amides is 1. The number of Topliss-reactive ketones (excluding diaryl/α,β-unsaturated/α-hetero) is 1. The molecule has 0 radical (unpaired) electrons. The van der Waals surface area contributed by atoms with Crippen LogP contribution >= 0.6 is 11.3 Å². The van der Waals surface area contributed by atoms with Gasteiger partial charge in [0.1, 0.15) is 0 Å². The summed E-state index contributed by atoms with van der Waals surface area (Å²) in [4.78, 5) is 27.1. The third-order valence-corrected chi connectivity index (χ3v) is 4.93. The third-order valence-electron chi connectivity index (χ3n) is 4.02. The standard InChI is InChI=1S/C18H19NO2S/c1-13-6-7-15-14(12-13)4-2-10-19(15)18(21)9-8-16(20)17-5-3-11-22-17/h3,5-7,11-12H,2,4,8-10H2,1H3. The Morgan fingerprint density at radius 3 is 2.86 bits per heavy atom. The monoisotopic (exact) mass is 313 g/mol. The van der Waals surface area contributed by atoms with E-state index in [2.05, 4.69) is 13.0 Å². The van der Waals surface area contributed by atoms with Crippen molar-refractivity contribution in [3.63, 3.8) is 0 Å². The molecule has 0 saturated heterocycles. The maximum atomic E-state index is 12.5. The maximum absolute atomic E-state index is 12.5. The van der Waals surface area contributed by atoms with Gasteiger partial charge in [0.15, 0.2) is 5.78 Å². The van der Waals surface area contributed by atoms with Crippen LogP contribution in [0, 0.1) is 6.92 Å². The quantitative estimate of drug-likeness (QED) is 0.800. The molecular formula is C18H19NO2S. The molecule has 1 aliphatic rings. The molecule has 0 N–H and O–H groups in total. The molecule has 1 amide bonds. The summed E-state index contributed by atoms with van der Waals surface area (Å²) < 4.78 is 0. The molecular weight excluding hydrogens is 294 g/mol. The SMILES string of the molecule is Cc1ccc2c(c1)CCCN2C(=O)CCC(=O)c1cccs1. The molecule has 3 rings (SSSR count). The summed E-state index contributed by atoms with van der Waals surface area (Å²) in [6.45, 7) is 2.82. The van der Waals surface area contributed by atoms with Gasteiger partial charge in [-0.3, -0.25) is 9.59 Å². The first-order valence-corrected chi connectivity index (χ1v) is 8.50. The van der Waals surface area contributed by atoms with Crippen molar-refractivity contribution in [3.05, 3.63) is 51.7 Å². The molecule has 2 aromatic rings. The molecule has 114 valence electrons. The maximum Gasteiger partial charge on any atom is 0.227 e. The van der Waals surface area contributed by atoms with E-state index < -0.39 is 0 Å². The Morgan fingerprint density at radius 2 is 2.09 bits per heavy atom. The summed E-state index contributed by atoms with van der Waals surface area (Å²) in [5, 5.41) is 1.89. The van der Waals surface area contributed by atoms with Crippen molar-refractivity contribution in [2.75, 3.05) is 11.4 Å². The van der Waals surface area contributed by atoms with E-state index in [-0.39, 0.29) is 24.5 Å². The Bertz CT molecular complexity index is 691. The summed E-state index contributed by atoms with van der Waals surface area (Å²) in [6.07, 6.45) is 2.58. The Hall–Kier alpha value is -1.94. The second kappa shape index (κ2) is 6.44. The van der Waals surface area contributed by atoms with Crippen LogP contribution in [0.1, 0.15) is 40.1 Å². The molecule has 0 spiro atoms. The molecule has 22 heavy (non-hydrogen) atoms. The van der Waals surface area contributed by atoms with Gasteiger partial charge in [0.2, 0.25) is 5.91 Å². The number of fused-ring (bicyclic) bond motifs is 1. The van der Waals surface area contributed by atoms with Gasteiger partial charge in [0, 0.05) is 25.1 Å². The molecule has 0 unspecified atom stereocenters. The lowest BCUT2D eigenvalue weighted by molar-refractivity contribution is -0.118. The number of nitrogens with zero attached hydrogens (tertiary/aromatic N) is 1. The number of hydrogen-bond acceptors (Lipinski definition) is 3. The topological polar surface area (TPSA) is 37.4 Å². The van der Waals surface area contributed by atoms with Gasteiger partial charge in [0.05, 0.1) is 4.88 Å². The van der Waals surface area contributed by atoms with Crippen molar-refractivity contribution in [1.82, 2.24) is 0 Å². The van der Waals surface area contributed by atoms with Gasteiger partial charge >= 0.3 is 0 Å². The molecule has 0 saturated carbocycles. The van der Waals surface area contributed by atoms with Crippen molar-refractivity contribution in [3.8, 4) is 0 Å². The first-order valence-electron chi connectivity index (χ1n) is 7.62. The first-order chi connectivity index (χ1) is 10.6. The van der Waals surface area contributed by atoms with E-state index in [0.29, 0.717) is 0 Å². The van der Waals surface area contributed by atoms with E-state index in [1.165, 1.54) is 22.5 Å². The molecule has 0 bridgehead atoms. The van der Waals surface area contributed by atoms with Crippen molar-refractivity contribution in [2.24, 2.45) is 0 Å². The molecule has 1 aliphatic heterocycles. The summed E-state index contributed by atoms with van der Waals surface area (Å²) in [5.41, 5.74) is 3.48. The Labute approximate surface area is 134 Å². The minimum absolute atomic E-state index is 0.0507. The normalized spacial score (nSPS) is 13.8. The highest BCUT2D eigenvalue weighted by Gasteiger charge is 2.23. The van der Waals surface area contributed by atoms with E-state index in [4.69, 9.17) is 0 Å². The van der Waals surface area contributed by atoms with Crippen molar-refractivity contribution in [1.29, 1.82) is 0 Å². The number of ketones is 1. The number of hydrogen-bond donors (Lipinski definition) is 0. The predicted octanol–water partition coefficient (Wildman–Crippen LogP) is 4.00. The molecule has 4 heteroatoms. The van der Waals surface area contributed by atoms with Crippen LogP contribution in [-0.4, -0.2) is 18.2 Å². The molecule has 0 atom stereocenters. The van der Waals surface area contributed by atoms with Crippen LogP contribution in [0.15, 0.2) is 35.7 Å². The number of carbonyl (C=O) groups is 2. The molecule has 1 aromatic carbocycles. The zero-order chi connectivity index (χ0) is 15.5. The van der Waals surface area contributed by atoms with Crippen molar-refractivity contribution < 1.29 is 9.59 Å². The Kier molecular flexibility index (Phi) is 4.39. The number of rotatable bonds is 4. The van der Waals surface area contributed by atoms with Crippen LogP contribution in [0.4, 0.5) is 5.69 Å². The number of thiophene rings is 1. The number of carbonyl (C=O) groups excluding carboxylic acids is 2. The van der Waals surface area contributed by atoms with Crippen LogP contribution in [0.25, 0.3) is 0 Å². The second-order valence-electron chi connectivity index (χ2n) is 5.68. The molecule has 0 fully saturated rings. The highest BCUT2D eigenvalue weighted by molar-refractivity contribution is 7.12. The fraction of sp³-hybridized carbons (Fsp3) is 0.333. The zero-order valence-electron chi connectivity index (χ0n) is 12.7. The molecule has 3 nitrogen and oxygen atoms in total. The van der Waals surface area contributed by atoms with Gasteiger partial charge in [-0.05, 0) is 42.8 Å². The zero-order valence-corrected chi connectivity index (χ0v) is 13.5. The minimum atomic E-state index is 0.0507. The number of benzene rings is 1. The van der Waals surface area contributed by atoms with E-state index in [9.17, 15) is 9.59 Å². The van der Waals surface area contributed by atoms with Crippen LogP contribution in [0.2, 0.25) is 0 Å². The molecule has 2 heterocycles. The smallest absolute Gasteiger partial charge is 0.227 e. The fourth-order valence-corrected chi connectivity index (χ4v) is 3.60. The minimum Gasteiger partial charge on any atom is -0.312 e. The van der Waals surface area contributed by atoms with Gasteiger partial charge in [-0.25, -0.2) is 0 Å². The summed E-state index contributed by atoms with van der Waals surface area (Å²) in [7, 11) is 0. The van der Waals surface area contributed by atoms with E-state index in [1.54, 1.807) is 0 Å². The van der Waals surface area contributed by atoms with Gasteiger partial charge in [0.25, 0.3) is 0 Å². The van der Waals surface area contributed by atoms with Crippen molar-refractivity contribution >= 4 is 28.7 Å². The fourth-order valence-electron chi connectivity index (χ4n) is 2.90. The first kappa shape index (κ1) is 15.0. The van der Waals surface area contributed by atoms with E-state index in [0.717, 1.165) is 30.0 Å². The average molecular weight is 313 g/mol.